The van der Waals surface area contributed by atoms with Gasteiger partial charge in [-0.15, -0.1) is 0 Å². The van der Waals surface area contributed by atoms with Gasteiger partial charge < -0.3 is 33.3 Å². The molecule has 3 aliphatic rings. The van der Waals surface area contributed by atoms with Crippen LogP contribution in [0.4, 0.5) is 5.69 Å². The Kier molecular flexibility index (Phi) is 6.18. The van der Waals surface area contributed by atoms with Gasteiger partial charge in [0.1, 0.15) is 11.7 Å². The highest BCUT2D eigenvalue weighted by atomic mass is 16.7. The fourth-order valence-corrected chi connectivity index (χ4v) is 6.06. The monoisotopic (exact) mass is 532 g/mol. The Morgan fingerprint density at radius 1 is 0.897 bits per heavy atom. The number of rotatable bonds is 6. The van der Waals surface area contributed by atoms with E-state index in [1.54, 1.807) is 14.2 Å². The summed E-state index contributed by atoms with van der Waals surface area (Å²) in [6.07, 6.45) is 0.175. The predicted octanol–water partition coefficient (Wildman–Crippen LogP) is 4.61. The van der Waals surface area contributed by atoms with Crippen molar-refractivity contribution >= 4 is 11.7 Å². The van der Waals surface area contributed by atoms with Crippen LogP contribution in [0.15, 0.2) is 36.4 Å². The molecule has 0 amide bonds. The number of esters is 1. The van der Waals surface area contributed by atoms with Gasteiger partial charge in [-0.1, -0.05) is 18.2 Å². The van der Waals surface area contributed by atoms with Crippen molar-refractivity contribution in [1.29, 1.82) is 0 Å². The van der Waals surface area contributed by atoms with Crippen LogP contribution in [-0.2, 0) is 11.2 Å². The number of carbonyl (C=O) groups excluding carboxylic acids is 1. The number of hydrogen-bond acceptors (Lipinski definition) is 9. The molecule has 0 radical (unpaired) electrons. The van der Waals surface area contributed by atoms with Crippen molar-refractivity contribution in [3.63, 3.8) is 0 Å². The van der Waals surface area contributed by atoms with Crippen LogP contribution in [0.3, 0.4) is 0 Å². The van der Waals surface area contributed by atoms with Crippen LogP contribution < -0.4 is 28.6 Å². The minimum Gasteiger partial charge on any atom is -0.493 e. The molecule has 0 spiro atoms. The number of nitrogens with zero attached hydrogens (tertiary/aromatic N) is 2. The fourth-order valence-electron chi connectivity index (χ4n) is 6.06. The first-order valence-electron chi connectivity index (χ1n) is 12.9. The molecule has 3 aliphatic heterocycles. The molecule has 9 heteroatoms. The van der Waals surface area contributed by atoms with Gasteiger partial charge in [0.05, 0.1) is 27.4 Å². The molecule has 0 fully saturated rings. The van der Waals surface area contributed by atoms with Crippen molar-refractivity contribution in [3.8, 4) is 39.9 Å². The van der Waals surface area contributed by atoms with Crippen LogP contribution in [0.5, 0.6) is 28.7 Å². The maximum atomic E-state index is 13.2. The van der Waals surface area contributed by atoms with E-state index in [0.29, 0.717) is 34.3 Å². The summed E-state index contributed by atoms with van der Waals surface area (Å²) in [6.45, 7) is 0.857. The summed E-state index contributed by atoms with van der Waals surface area (Å²) in [5, 5.41) is 0. The Morgan fingerprint density at radius 3 is 2.28 bits per heavy atom. The molecule has 0 bridgehead atoms. The molecule has 9 nitrogen and oxygen atoms in total. The van der Waals surface area contributed by atoms with Crippen molar-refractivity contribution < 1.29 is 33.2 Å². The smallest absolute Gasteiger partial charge is 0.343 e. The van der Waals surface area contributed by atoms with Crippen molar-refractivity contribution in [1.82, 2.24) is 4.90 Å². The van der Waals surface area contributed by atoms with E-state index in [0.717, 1.165) is 46.5 Å². The van der Waals surface area contributed by atoms with Gasteiger partial charge in [-0.2, -0.15) is 0 Å². The molecule has 204 valence electrons. The number of fused-ring (bicyclic) bond motifs is 3. The molecule has 3 aromatic rings. The van der Waals surface area contributed by atoms with Crippen LogP contribution in [0.1, 0.15) is 39.2 Å². The summed E-state index contributed by atoms with van der Waals surface area (Å²) in [7, 11) is 10.8. The van der Waals surface area contributed by atoms with Crippen LogP contribution >= 0.6 is 0 Å². The van der Waals surface area contributed by atoms with Gasteiger partial charge >= 0.3 is 5.97 Å². The third-order valence-electron chi connectivity index (χ3n) is 7.89. The average molecular weight is 533 g/mol. The molecule has 0 saturated carbocycles. The number of cyclic esters (lactones) is 1. The summed E-state index contributed by atoms with van der Waals surface area (Å²) in [4.78, 5) is 17.5. The standard InChI is InChI=1S/C30H32N2O7/c1-31(2)17-9-7-16(8-10-17)21-18-13-14-32(3)24(22(18)27(36-6)29-28(21)37-15-38-29)25-19-11-12-20(34-4)26(35-5)23(19)30(33)39-25/h7-12,24-25H,13-15H2,1-6H3. The number of benzene rings is 3. The highest BCUT2D eigenvalue weighted by Gasteiger charge is 2.47. The van der Waals surface area contributed by atoms with Crippen LogP contribution in [0, 0.1) is 0 Å². The maximum absolute atomic E-state index is 13.2. The van der Waals surface area contributed by atoms with Crippen LogP contribution in [-0.4, -0.2) is 66.7 Å². The van der Waals surface area contributed by atoms with Gasteiger partial charge in [-0.05, 0) is 42.8 Å². The molecule has 2 atom stereocenters. The number of methoxy groups -OCH3 is 3. The summed E-state index contributed by atoms with van der Waals surface area (Å²) in [5.74, 6) is 2.27. The number of likely N-dealkylation sites (N-methyl/N-ethyl adjacent to an activating group) is 1. The molecule has 2 unspecified atom stereocenters. The lowest BCUT2D eigenvalue weighted by Crippen LogP contribution is -2.36. The Morgan fingerprint density at radius 2 is 1.62 bits per heavy atom. The zero-order chi connectivity index (χ0) is 27.4. The zero-order valence-electron chi connectivity index (χ0n) is 23.0. The first-order valence-corrected chi connectivity index (χ1v) is 12.9. The van der Waals surface area contributed by atoms with E-state index in [1.165, 1.54) is 7.11 Å². The lowest BCUT2D eigenvalue weighted by atomic mass is 9.81. The second kappa shape index (κ2) is 9.57. The molecule has 3 heterocycles. The van der Waals surface area contributed by atoms with E-state index in [-0.39, 0.29) is 12.8 Å². The number of ether oxygens (including phenoxy) is 6. The Labute approximate surface area is 227 Å². The van der Waals surface area contributed by atoms with E-state index >= 15 is 0 Å². The van der Waals surface area contributed by atoms with E-state index in [1.807, 2.05) is 33.3 Å². The van der Waals surface area contributed by atoms with Gasteiger partial charge in [0, 0.05) is 43.0 Å². The lowest BCUT2D eigenvalue weighted by molar-refractivity contribution is 0.00877. The quantitative estimate of drug-likeness (QED) is 0.423. The fraction of sp³-hybridized carbons (Fsp3) is 0.367. The number of carbonyl (C=O) groups is 1. The van der Waals surface area contributed by atoms with Crippen molar-refractivity contribution in [2.24, 2.45) is 0 Å². The molecule has 0 saturated heterocycles. The highest BCUT2D eigenvalue weighted by Crippen LogP contribution is 2.58. The molecule has 0 N–H and O–H groups in total. The zero-order valence-corrected chi connectivity index (χ0v) is 23.0. The third-order valence-corrected chi connectivity index (χ3v) is 7.89. The summed E-state index contributed by atoms with van der Waals surface area (Å²) >= 11 is 0. The molecule has 0 aliphatic carbocycles. The number of hydrogen-bond donors (Lipinski definition) is 0. The van der Waals surface area contributed by atoms with Gasteiger partial charge in [0.15, 0.2) is 23.0 Å². The Balaban J connectivity index is 1.57. The molecule has 0 aromatic heterocycles. The first kappa shape index (κ1) is 25.2. The average Bonchev–Trinajstić information content (AvgIpc) is 3.56. The van der Waals surface area contributed by atoms with Gasteiger partial charge in [-0.25, -0.2) is 4.79 Å². The summed E-state index contributed by atoms with van der Waals surface area (Å²) in [5.41, 5.74) is 6.29. The topological polar surface area (TPSA) is 78.9 Å². The first-order chi connectivity index (χ1) is 18.9. The lowest BCUT2D eigenvalue weighted by Gasteiger charge is -2.39. The molecule has 39 heavy (non-hydrogen) atoms. The predicted molar refractivity (Wildman–Crippen MR) is 146 cm³/mol. The van der Waals surface area contributed by atoms with Gasteiger partial charge in [0.2, 0.25) is 12.5 Å². The maximum Gasteiger partial charge on any atom is 0.343 e. The molecule has 6 rings (SSSR count). The third kappa shape index (κ3) is 3.75. The van der Waals surface area contributed by atoms with Crippen LogP contribution in [0.25, 0.3) is 11.1 Å². The summed E-state index contributed by atoms with van der Waals surface area (Å²) in [6, 6.07) is 11.8. The van der Waals surface area contributed by atoms with Crippen molar-refractivity contribution in [3.05, 3.63) is 58.7 Å². The SMILES string of the molecule is COc1ccc2c(c1OC)C(=O)OC2C1c2c(c(-c3ccc(N(C)C)cc3)c3c(c2OC)OCO3)CCN1C. The Hall–Kier alpha value is -4.11. The number of anilines is 1. The molecular formula is C30H32N2O7. The van der Waals surface area contributed by atoms with Crippen LogP contribution in [0.2, 0.25) is 0 Å². The highest BCUT2D eigenvalue weighted by molar-refractivity contribution is 5.98. The molecular weight excluding hydrogens is 500 g/mol. The van der Waals surface area contributed by atoms with Gasteiger partial charge in [-0.3, -0.25) is 4.90 Å². The second-order valence-corrected chi connectivity index (χ2v) is 10.1. The molecule has 3 aromatic carbocycles. The van der Waals surface area contributed by atoms with Gasteiger partial charge in [0.25, 0.3) is 0 Å². The normalized spacial score (nSPS) is 19.3. The van der Waals surface area contributed by atoms with Crippen molar-refractivity contribution in [2.45, 2.75) is 18.6 Å². The second-order valence-electron chi connectivity index (χ2n) is 10.1. The van der Waals surface area contributed by atoms with E-state index in [4.69, 9.17) is 28.4 Å². The largest absolute Gasteiger partial charge is 0.493 e. The van der Waals surface area contributed by atoms with E-state index < -0.39 is 12.1 Å². The van der Waals surface area contributed by atoms with Crippen molar-refractivity contribution in [2.75, 3.05) is 60.7 Å². The van der Waals surface area contributed by atoms with E-state index in [2.05, 4.69) is 34.1 Å². The van der Waals surface area contributed by atoms with E-state index in [9.17, 15) is 4.79 Å². The summed E-state index contributed by atoms with van der Waals surface area (Å²) < 4.78 is 35.2. The minimum absolute atomic E-state index is 0.107. The minimum atomic E-state index is -0.588. The Bertz CT molecular complexity index is 1450.